The highest BCUT2D eigenvalue weighted by molar-refractivity contribution is 7.15. The van der Waals surface area contributed by atoms with E-state index in [4.69, 9.17) is 15.5 Å². The number of methoxy groups -OCH3 is 1. The Morgan fingerprint density at radius 1 is 1.43 bits per heavy atom. The Hall–Kier alpha value is -1.23. The van der Waals surface area contributed by atoms with Crippen molar-refractivity contribution in [3.63, 3.8) is 0 Å². The summed E-state index contributed by atoms with van der Waals surface area (Å²) in [5.41, 5.74) is 10.1. The van der Waals surface area contributed by atoms with Crippen molar-refractivity contribution in [1.82, 2.24) is 4.98 Å². The van der Waals surface area contributed by atoms with Crippen LogP contribution in [0.3, 0.4) is 0 Å². The second kappa shape index (κ2) is 5.52. The molecule has 3 nitrogen and oxygen atoms in total. The molecular formula is C17H22N2OS. The summed E-state index contributed by atoms with van der Waals surface area (Å²) < 4.78 is 5.21. The van der Waals surface area contributed by atoms with Gasteiger partial charge in [0.15, 0.2) is 0 Å². The molecule has 1 unspecified atom stereocenters. The number of aromatic nitrogens is 1. The minimum Gasteiger partial charge on any atom is -0.380 e. The SMILES string of the molecule is COCc1cccc(-c2nc3c(s2)C(N)CC(C)(C)C3)c1. The maximum atomic E-state index is 6.34. The van der Waals surface area contributed by atoms with Gasteiger partial charge in [0.2, 0.25) is 0 Å². The zero-order valence-electron chi connectivity index (χ0n) is 12.8. The molecule has 1 aromatic carbocycles. The van der Waals surface area contributed by atoms with Crippen LogP contribution in [0.1, 0.15) is 42.4 Å². The molecule has 1 atom stereocenters. The Morgan fingerprint density at radius 2 is 2.24 bits per heavy atom. The fraction of sp³-hybridized carbons (Fsp3) is 0.471. The van der Waals surface area contributed by atoms with Crippen LogP contribution < -0.4 is 5.73 Å². The summed E-state index contributed by atoms with van der Waals surface area (Å²) in [7, 11) is 1.72. The van der Waals surface area contributed by atoms with Gasteiger partial charge >= 0.3 is 0 Å². The molecule has 2 N–H and O–H groups in total. The highest BCUT2D eigenvalue weighted by Crippen LogP contribution is 2.43. The van der Waals surface area contributed by atoms with E-state index < -0.39 is 0 Å². The van der Waals surface area contributed by atoms with Crippen molar-refractivity contribution in [3.8, 4) is 10.6 Å². The van der Waals surface area contributed by atoms with Gasteiger partial charge in [-0.25, -0.2) is 4.98 Å². The van der Waals surface area contributed by atoms with Gasteiger partial charge in [-0.3, -0.25) is 0 Å². The number of benzene rings is 1. The highest BCUT2D eigenvalue weighted by atomic mass is 32.1. The van der Waals surface area contributed by atoms with Crippen molar-refractivity contribution in [2.45, 2.75) is 39.3 Å². The first-order chi connectivity index (χ1) is 9.98. The largest absolute Gasteiger partial charge is 0.380 e. The summed E-state index contributed by atoms with van der Waals surface area (Å²) in [6.45, 7) is 5.17. The molecule has 1 aliphatic carbocycles. The second-order valence-electron chi connectivity index (χ2n) is 6.61. The maximum Gasteiger partial charge on any atom is 0.123 e. The standard InChI is InChI=1S/C17H22N2OS/c1-17(2)8-13(18)15-14(9-17)19-16(21-15)12-6-4-5-11(7-12)10-20-3/h4-7,13H,8-10,18H2,1-3H3. The van der Waals surface area contributed by atoms with E-state index in [0.29, 0.717) is 6.61 Å². The molecule has 0 bridgehead atoms. The average molecular weight is 302 g/mol. The lowest BCUT2D eigenvalue weighted by Crippen LogP contribution is -2.28. The first kappa shape index (κ1) is 14.7. The molecule has 0 amide bonds. The third-order valence-corrected chi connectivity index (χ3v) is 5.25. The normalized spacial score (nSPS) is 20.3. The first-order valence-corrected chi connectivity index (χ1v) is 8.13. The van der Waals surface area contributed by atoms with Crippen molar-refractivity contribution < 1.29 is 4.74 Å². The summed E-state index contributed by atoms with van der Waals surface area (Å²) in [5, 5.41) is 1.08. The Kier molecular flexibility index (Phi) is 3.86. The minimum absolute atomic E-state index is 0.122. The molecule has 0 saturated carbocycles. The maximum absolute atomic E-state index is 6.34. The molecule has 1 aromatic heterocycles. The van der Waals surface area contributed by atoms with Crippen LogP contribution in [0.5, 0.6) is 0 Å². The van der Waals surface area contributed by atoms with Crippen LogP contribution in [0.4, 0.5) is 0 Å². The van der Waals surface area contributed by atoms with Crippen molar-refractivity contribution in [3.05, 3.63) is 40.4 Å². The van der Waals surface area contributed by atoms with Crippen LogP contribution in [-0.4, -0.2) is 12.1 Å². The van der Waals surface area contributed by atoms with Crippen molar-refractivity contribution in [2.24, 2.45) is 11.1 Å². The molecule has 1 heterocycles. The van der Waals surface area contributed by atoms with Gasteiger partial charge < -0.3 is 10.5 Å². The van der Waals surface area contributed by atoms with E-state index >= 15 is 0 Å². The van der Waals surface area contributed by atoms with Crippen LogP contribution in [0.25, 0.3) is 10.6 Å². The van der Waals surface area contributed by atoms with E-state index in [1.54, 1.807) is 18.4 Å². The molecule has 4 heteroatoms. The van der Waals surface area contributed by atoms with Gasteiger partial charge in [0, 0.05) is 23.6 Å². The Balaban J connectivity index is 1.96. The van der Waals surface area contributed by atoms with Gasteiger partial charge in [-0.1, -0.05) is 32.0 Å². The monoisotopic (exact) mass is 302 g/mol. The van der Waals surface area contributed by atoms with E-state index in [0.717, 1.165) is 23.4 Å². The molecule has 1 aliphatic rings. The number of ether oxygens (including phenoxy) is 1. The van der Waals surface area contributed by atoms with E-state index in [2.05, 4.69) is 38.1 Å². The molecule has 0 fully saturated rings. The van der Waals surface area contributed by atoms with Gasteiger partial charge in [0.1, 0.15) is 5.01 Å². The highest BCUT2D eigenvalue weighted by Gasteiger charge is 2.33. The number of nitrogens with two attached hydrogens (primary N) is 1. The average Bonchev–Trinajstić information content (AvgIpc) is 2.82. The van der Waals surface area contributed by atoms with Crippen LogP contribution in [0.2, 0.25) is 0 Å². The van der Waals surface area contributed by atoms with Gasteiger partial charge in [-0.05, 0) is 29.9 Å². The molecule has 2 aromatic rings. The van der Waals surface area contributed by atoms with Crippen LogP contribution >= 0.6 is 11.3 Å². The van der Waals surface area contributed by atoms with E-state index in [1.807, 2.05) is 0 Å². The molecular weight excluding hydrogens is 280 g/mol. The summed E-state index contributed by atoms with van der Waals surface area (Å²) >= 11 is 1.75. The smallest absolute Gasteiger partial charge is 0.123 e. The third-order valence-electron chi connectivity index (χ3n) is 3.97. The second-order valence-corrected chi connectivity index (χ2v) is 7.65. The predicted molar refractivity (Wildman–Crippen MR) is 87.3 cm³/mol. The van der Waals surface area contributed by atoms with Crippen LogP contribution in [0.15, 0.2) is 24.3 Å². The molecule has 0 spiro atoms. The number of nitrogens with zero attached hydrogens (tertiary/aromatic N) is 1. The lowest BCUT2D eigenvalue weighted by atomic mass is 9.77. The lowest BCUT2D eigenvalue weighted by molar-refractivity contribution is 0.185. The third kappa shape index (κ3) is 3.03. The Bertz CT molecular complexity index is 648. The summed E-state index contributed by atoms with van der Waals surface area (Å²) in [6, 6.07) is 8.53. The number of hydrogen-bond donors (Lipinski definition) is 1. The zero-order chi connectivity index (χ0) is 15.0. The Morgan fingerprint density at radius 3 is 3.00 bits per heavy atom. The van der Waals surface area contributed by atoms with E-state index in [-0.39, 0.29) is 11.5 Å². The predicted octanol–water partition coefficient (Wildman–Crippen LogP) is 3.93. The molecule has 112 valence electrons. The lowest BCUT2D eigenvalue weighted by Gasteiger charge is -2.32. The van der Waals surface area contributed by atoms with Crippen molar-refractivity contribution >= 4 is 11.3 Å². The fourth-order valence-corrected chi connectivity index (χ4v) is 4.16. The number of rotatable bonds is 3. The fourth-order valence-electron chi connectivity index (χ4n) is 3.08. The summed E-state index contributed by atoms with van der Waals surface area (Å²) in [5.74, 6) is 0. The first-order valence-electron chi connectivity index (χ1n) is 7.32. The number of hydrogen-bond acceptors (Lipinski definition) is 4. The molecule has 0 aliphatic heterocycles. The van der Waals surface area contributed by atoms with Gasteiger partial charge in [-0.2, -0.15) is 0 Å². The topological polar surface area (TPSA) is 48.1 Å². The number of fused-ring (bicyclic) bond motifs is 1. The van der Waals surface area contributed by atoms with Crippen LogP contribution in [-0.2, 0) is 17.8 Å². The van der Waals surface area contributed by atoms with Gasteiger partial charge in [0.05, 0.1) is 12.3 Å². The Labute approximate surface area is 130 Å². The van der Waals surface area contributed by atoms with E-state index in [1.165, 1.54) is 16.1 Å². The summed E-state index contributed by atoms with van der Waals surface area (Å²) in [6.07, 6.45) is 2.05. The quantitative estimate of drug-likeness (QED) is 0.934. The molecule has 0 radical (unpaired) electrons. The van der Waals surface area contributed by atoms with Crippen LogP contribution in [0, 0.1) is 5.41 Å². The molecule has 0 saturated heterocycles. The zero-order valence-corrected chi connectivity index (χ0v) is 13.7. The van der Waals surface area contributed by atoms with Crippen molar-refractivity contribution in [2.75, 3.05) is 7.11 Å². The van der Waals surface area contributed by atoms with Gasteiger partial charge in [0.25, 0.3) is 0 Å². The molecule has 3 rings (SSSR count). The number of thiazole rings is 1. The molecule has 21 heavy (non-hydrogen) atoms. The minimum atomic E-state index is 0.122. The van der Waals surface area contributed by atoms with Gasteiger partial charge in [-0.15, -0.1) is 11.3 Å². The van der Waals surface area contributed by atoms with Crippen molar-refractivity contribution in [1.29, 1.82) is 0 Å². The van der Waals surface area contributed by atoms with E-state index in [9.17, 15) is 0 Å². The summed E-state index contributed by atoms with van der Waals surface area (Å²) in [4.78, 5) is 6.13.